The molecule has 0 radical (unpaired) electrons. The zero-order valence-electron chi connectivity index (χ0n) is 22.4. The summed E-state index contributed by atoms with van der Waals surface area (Å²) in [4.78, 5) is 49.9. The number of thioether (sulfide) groups is 1. The molecule has 4 aliphatic rings. The molecule has 0 saturated carbocycles. The number of ketones is 1. The van der Waals surface area contributed by atoms with E-state index in [1.807, 2.05) is 12.1 Å². The Morgan fingerprint density at radius 1 is 1.23 bits per heavy atom. The number of fused-ring (bicyclic) bond motifs is 1. The lowest BCUT2D eigenvalue weighted by Crippen LogP contribution is -2.53. The monoisotopic (exact) mass is 579 g/mol. The smallest absolute Gasteiger partial charge is 0.251 e. The molecule has 5 atom stereocenters. The van der Waals surface area contributed by atoms with Crippen molar-refractivity contribution in [2.45, 2.75) is 55.5 Å². The molecule has 0 aromatic heterocycles. The Morgan fingerprint density at radius 3 is 2.59 bits per heavy atom. The second kappa shape index (κ2) is 11.3. The molecule has 4 aliphatic heterocycles. The number of hydrogen-bond donors (Lipinski definition) is 1. The average Bonchev–Trinajstić information content (AvgIpc) is 3.61. The van der Waals surface area contributed by atoms with E-state index in [1.54, 1.807) is 23.9 Å². The molecule has 1 aromatic carbocycles. The fourth-order valence-corrected chi connectivity index (χ4v) is 7.01. The van der Waals surface area contributed by atoms with Crippen LogP contribution in [0.4, 0.5) is 4.39 Å². The largest absolute Gasteiger partial charge is 0.366 e. The Balaban J connectivity index is 1.26. The van der Waals surface area contributed by atoms with Gasteiger partial charge in [0.1, 0.15) is 30.5 Å². The molecule has 3 fully saturated rings. The number of piperazine rings is 1. The van der Waals surface area contributed by atoms with Gasteiger partial charge in [-0.25, -0.2) is 4.39 Å². The summed E-state index contributed by atoms with van der Waals surface area (Å²) in [7, 11) is 2.13. The molecule has 0 spiro atoms. The van der Waals surface area contributed by atoms with Crippen molar-refractivity contribution >= 4 is 46.1 Å². The molecule has 3 saturated heterocycles. The van der Waals surface area contributed by atoms with E-state index in [0.29, 0.717) is 5.56 Å². The fraction of sp³-hybridized carbons (Fsp3) is 0.630. The lowest BCUT2D eigenvalue weighted by Gasteiger charge is -2.33. The molecule has 212 valence electrons. The molecule has 3 unspecified atom stereocenters. The summed E-state index contributed by atoms with van der Waals surface area (Å²) in [6.45, 7) is 6.67. The van der Waals surface area contributed by atoms with Gasteiger partial charge >= 0.3 is 0 Å². The molecular formula is C27H35ClFN5O4S. The molecule has 5 rings (SSSR count). The summed E-state index contributed by atoms with van der Waals surface area (Å²) in [6.07, 6.45) is -0.826. The molecule has 0 bridgehead atoms. The zero-order chi connectivity index (χ0) is 27.9. The van der Waals surface area contributed by atoms with Crippen LogP contribution in [0.25, 0.3) is 0 Å². The summed E-state index contributed by atoms with van der Waals surface area (Å²) in [6, 6.07) is 5.22. The van der Waals surface area contributed by atoms with E-state index in [4.69, 9.17) is 21.3 Å². The van der Waals surface area contributed by atoms with Gasteiger partial charge in [-0.15, -0.1) is 11.6 Å². The predicted molar refractivity (Wildman–Crippen MR) is 149 cm³/mol. The Kier molecular flexibility index (Phi) is 8.24. The number of hydrogen-bond acceptors (Lipinski definition) is 8. The van der Waals surface area contributed by atoms with E-state index in [2.05, 4.69) is 22.2 Å². The number of amides is 2. The third kappa shape index (κ3) is 6.26. The van der Waals surface area contributed by atoms with Crippen LogP contribution in [0.3, 0.4) is 0 Å². The highest BCUT2D eigenvalue weighted by atomic mass is 35.5. The first-order valence-electron chi connectivity index (χ1n) is 13.3. The van der Waals surface area contributed by atoms with Crippen LogP contribution in [0.15, 0.2) is 29.3 Å². The maximum atomic E-state index is 14.7. The molecule has 0 aliphatic carbocycles. The minimum atomic E-state index is -1.73. The van der Waals surface area contributed by atoms with Gasteiger partial charge in [0.25, 0.3) is 5.91 Å². The molecule has 39 heavy (non-hydrogen) atoms. The molecule has 9 nitrogen and oxygen atoms in total. The summed E-state index contributed by atoms with van der Waals surface area (Å²) < 4.78 is 20.2. The first-order chi connectivity index (χ1) is 18.5. The van der Waals surface area contributed by atoms with E-state index < -0.39 is 41.0 Å². The van der Waals surface area contributed by atoms with Gasteiger partial charge in [-0.3, -0.25) is 19.4 Å². The van der Waals surface area contributed by atoms with Gasteiger partial charge in [0.05, 0.1) is 11.4 Å². The number of benzene rings is 1. The normalized spacial score (nSPS) is 28.4. The Labute approximate surface area is 237 Å². The molecule has 4 heterocycles. The van der Waals surface area contributed by atoms with Gasteiger partial charge < -0.3 is 24.8 Å². The standard InChI is InChI=1S/C27H35ClFN5O4S/c1-27(2,29)12-19(25(37)34-13-18(28)23-22(34)21(35)14-38-23)30-24(36)17-6-4-16(5-7-17)20-15-39-26(31-20)33-10-8-32(3)9-11-33/h4-7,18-20,22-23H,8-15H2,1-3H3,(H,30,36)/t18-,19+,20?,22?,23?/m1/s1. The van der Waals surface area contributed by atoms with Crippen LogP contribution >= 0.6 is 23.4 Å². The van der Waals surface area contributed by atoms with Crippen molar-refractivity contribution in [3.8, 4) is 0 Å². The van der Waals surface area contributed by atoms with Gasteiger partial charge in [-0.2, -0.15) is 0 Å². The minimum absolute atomic E-state index is 0.0150. The van der Waals surface area contributed by atoms with Crippen molar-refractivity contribution in [3.05, 3.63) is 35.4 Å². The van der Waals surface area contributed by atoms with Crippen LogP contribution in [0.1, 0.15) is 42.2 Å². The number of nitrogens with zero attached hydrogens (tertiary/aromatic N) is 4. The van der Waals surface area contributed by atoms with Crippen molar-refractivity contribution in [1.29, 1.82) is 0 Å². The number of alkyl halides is 2. The summed E-state index contributed by atoms with van der Waals surface area (Å²) in [5.74, 6) is -0.410. The Hall–Kier alpha value is -2.21. The number of ether oxygens (including phenoxy) is 1. The van der Waals surface area contributed by atoms with Gasteiger partial charge in [-0.1, -0.05) is 23.9 Å². The SMILES string of the molecule is CN1CCN(C2=NC(c3ccc(C(=O)N[C@@H](CC(C)(C)F)C(=O)N4C[C@@H](Cl)C5OCC(=O)C54)cc3)CS2)CC1. The Morgan fingerprint density at radius 2 is 1.92 bits per heavy atom. The van der Waals surface area contributed by atoms with E-state index in [9.17, 15) is 18.8 Å². The zero-order valence-corrected chi connectivity index (χ0v) is 24.0. The number of Topliss-reactive ketones (excluding diaryl/α,β-unsaturated/α-hetero) is 1. The average molecular weight is 580 g/mol. The number of carbonyl (C=O) groups excluding carboxylic acids is 3. The number of likely N-dealkylation sites (tertiary alicyclic amines) is 1. The van der Waals surface area contributed by atoms with Crippen LogP contribution in [0, 0.1) is 0 Å². The number of nitrogens with one attached hydrogen (secondary N) is 1. The van der Waals surface area contributed by atoms with Crippen LogP contribution < -0.4 is 5.32 Å². The molecule has 1 N–H and O–H groups in total. The quantitative estimate of drug-likeness (QED) is 0.516. The fourth-order valence-electron chi connectivity index (χ4n) is 5.51. The Bertz CT molecular complexity index is 1140. The van der Waals surface area contributed by atoms with Gasteiger partial charge in [0, 0.05) is 50.5 Å². The number of rotatable bonds is 6. The third-order valence-corrected chi connectivity index (χ3v) is 9.16. The van der Waals surface area contributed by atoms with Crippen molar-refractivity contribution in [2.75, 3.05) is 52.1 Å². The summed E-state index contributed by atoms with van der Waals surface area (Å²) in [5, 5.41) is 3.24. The summed E-state index contributed by atoms with van der Waals surface area (Å²) >= 11 is 8.09. The number of likely N-dealkylation sites (N-methyl/N-ethyl adjacent to an activating group) is 1. The van der Waals surface area contributed by atoms with Crippen molar-refractivity contribution in [2.24, 2.45) is 4.99 Å². The van der Waals surface area contributed by atoms with Crippen LogP contribution in [0.5, 0.6) is 0 Å². The van der Waals surface area contributed by atoms with Gasteiger partial charge in [0.15, 0.2) is 11.0 Å². The van der Waals surface area contributed by atoms with E-state index in [1.165, 1.54) is 18.7 Å². The molecule has 1 aromatic rings. The minimum Gasteiger partial charge on any atom is -0.366 e. The second-order valence-corrected chi connectivity index (χ2v) is 12.8. The van der Waals surface area contributed by atoms with Crippen LogP contribution in [0.2, 0.25) is 0 Å². The first-order valence-corrected chi connectivity index (χ1v) is 14.7. The van der Waals surface area contributed by atoms with Crippen molar-refractivity contribution < 1.29 is 23.5 Å². The highest BCUT2D eigenvalue weighted by Crippen LogP contribution is 2.33. The van der Waals surface area contributed by atoms with E-state index in [-0.39, 0.29) is 31.4 Å². The van der Waals surface area contributed by atoms with Crippen molar-refractivity contribution in [3.63, 3.8) is 0 Å². The molecular weight excluding hydrogens is 545 g/mol. The maximum absolute atomic E-state index is 14.7. The molecule has 12 heteroatoms. The van der Waals surface area contributed by atoms with Crippen LogP contribution in [-0.2, 0) is 14.3 Å². The van der Waals surface area contributed by atoms with Gasteiger partial charge in [0.2, 0.25) is 5.91 Å². The molecule has 2 amide bonds. The number of amidine groups is 1. The number of halogens is 2. The van der Waals surface area contributed by atoms with E-state index >= 15 is 0 Å². The summed E-state index contributed by atoms with van der Waals surface area (Å²) in [5.41, 5.74) is -0.360. The lowest BCUT2D eigenvalue weighted by atomic mass is 9.98. The lowest BCUT2D eigenvalue weighted by molar-refractivity contribution is -0.138. The van der Waals surface area contributed by atoms with Gasteiger partial charge in [-0.05, 0) is 38.6 Å². The highest BCUT2D eigenvalue weighted by Gasteiger charge is 2.53. The topological polar surface area (TPSA) is 94.5 Å². The van der Waals surface area contributed by atoms with E-state index in [0.717, 1.165) is 42.7 Å². The number of aliphatic imine (C=N–C) groups is 1. The van der Waals surface area contributed by atoms with Crippen molar-refractivity contribution in [1.82, 2.24) is 20.0 Å². The first kappa shape index (κ1) is 28.3. The third-order valence-electron chi connectivity index (χ3n) is 7.67. The highest BCUT2D eigenvalue weighted by molar-refractivity contribution is 8.14. The second-order valence-electron chi connectivity index (χ2n) is 11.3. The maximum Gasteiger partial charge on any atom is 0.251 e. The predicted octanol–water partition coefficient (Wildman–Crippen LogP) is 2.10. The van der Waals surface area contributed by atoms with Crippen LogP contribution in [-0.4, -0.2) is 119 Å². The number of carbonyl (C=O) groups is 3.